The molecule has 178 valence electrons. The predicted molar refractivity (Wildman–Crippen MR) is 141 cm³/mol. The van der Waals surface area contributed by atoms with Gasteiger partial charge in [0.1, 0.15) is 22.5 Å². The van der Waals surface area contributed by atoms with Crippen LogP contribution in [-0.4, -0.2) is 20.1 Å². The third kappa shape index (κ3) is 4.69. The van der Waals surface area contributed by atoms with Crippen LogP contribution in [0.4, 0.5) is 0 Å². The van der Waals surface area contributed by atoms with Crippen LogP contribution in [0.5, 0.6) is 5.75 Å². The van der Waals surface area contributed by atoms with Gasteiger partial charge in [0.2, 0.25) is 0 Å². The molecule has 0 aliphatic carbocycles. The monoisotopic (exact) mass is 475 g/mol. The molecule has 4 nitrogen and oxygen atoms in total. The number of aromatic hydroxyl groups is 1. The standard InChI is InChI=1S/C29H34ClN3O/c1-6-7-11-16-28(2,3)23-17-21(29(4,5)20-12-9-8-10-13-20)18-26(27(23)34)33-31-24-15-14-22(30)19-25(24)32-33/h8-10,12-15,17-19,34H,6-7,11,16H2,1-5H3. The van der Waals surface area contributed by atoms with Crippen LogP contribution in [0.1, 0.15) is 77.0 Å². The summed E-state index contributed by atoms with van der Waals surface area (Å²) in [5, 5.41) is 21.5. The first-order valence-electron chi connectivity index (χ1n) is 12.1. The summed E-state index contributed by atoms with van der Waals surface area (Å²) < 4.78 is 0. The van der Waals surface area contributed by atoms with E-state index in [-0.39, 0.29) is 16.6 Å². The average Bonchev–Trinajstić information content (AvgIpc) is 3.22. The van der Waals surface area contributed by atoms with Gasteiger partial charge in [-0.15, -0.1) is 15.0 Å². The van der Waals surface area contributed by atoms with Gasteiger partial charge < -0.3 is 5.11 Å². The van der Waals surface area contributed by atoms with Gasteiger partial charge in [-0.05, 0) is 47.2 Å². The number of rotatable bonds is 8. The van der Waals surface area contributed by atoms with Crippen molar-refractivity contribution in [2.45, 2.75) is 71.1 Å². The molecule has 0 spiro atoms. The molecule has 0 amide bonds. The van der Waals surface area contributed by atoms with Crippen LogP contribution in [0.3, 0.4) is 0 Å². The first-order valence-corrected chi connectivity index (χ1v) is 12.5. The maximum atomic E-state index is 11.5. The van der Waals surface area contributed by atoms with Gasteiger partial charge in [0.15, 0.2) is 0 Å². The van der Waals surface area contributed by atoms with E-state index in [9.17, 15) is 5.11 Å². The molecular weight excluding hydrogens is 442 g/mol. The molecule has 0 saturated heterocycles. The quantitative estimate of drug-likeness (QED) is 0.263. The molecule has 0 bridgehead atoms. The Bertz CT molecular complexity index is 1290. The summed E-state index contributed by atoms with van der Waals surface area (Å²) in [5.41, 5.74) is 4.81. The highest BCUT2D eigenvalue weighted by Crippen LogP contribution is 2.43. The molecule has 0 aliphatic heterocycles. The molecule has 0 saturated carbocycles. The van der Waals surface area contributed by atoms with E-state index in [2.05, 4.69) is 75.1 Å². The molecule has 3 aromatic carbocycles. The average molecular weight is 476 g/mol. The van der Waals surface area contributed by atoms with Crippen molar-refractivity contribution in [2.75, 3.05) is 0 Å². The lowest BCUT2D eigenvalue weighted by Gasteiger charge is -2.32. The Morgan fingerprint density at radius 3 is 2.26 bits per heavy atom. The molecule has 0 aliphatic rings. The maximum Gasteiger partial charge on any atom is 0.146 e. The highest BCUT2D eigenvalue weighted by molar-refractivity contribution is 6.31. The van der Waals surface area contributed by atoms with Crippen LogP contribution in [0.15, 0.2) is 60.7 Å². The van der Waals surface area contributed by atoms with Crippen molar-refractivity contribution in [1.82, 2.24) is 15.0 Å². The summed E-state index contributed by atoms with van der Waals surface area (Å²) in [5.74, 6) is 0.237. The minimum Gasteiger partial charge on any atom is -0.505 e. The van der Waals surface area contributed by atoms with E-state index in [1.165, 1.54) is 18.4 Å². The lowest BCUT2D eigenvalue weighted by Crippen LogP contribution is -2.23. The zero-order chi connectivity index (χ0) is 24.5. The highest BCUT2D eigenvalue weighted by Gasteiger charge is 2.31. The van der Waals surface area contributed by atoms with Gasteiger partial charge >= 0.3 is 0 Å². The first kappa shape index (κ1) is 24.3. The second-order valence-corrected chi connectivity index (χ2v) is 10.8. The molecule has 5 heteroatoms. The second kappa shape index (κ2) is 9.42. The zero-order valence-corrected chi connectivity index (χ0v) is 21.5. The van der Waals surface area contributed by atoms with Crippen LogP contribution in [0.2, 0.25) is 5.02 Å². The Labute approximate surface area is 207 Å². The fourth-order valence-corrected chi connectivity index (χ4v) is 4.78. The van der Waals surface area contributed by atoms with E-state index >= 15 is 0 Å². The number of hydrogen-bond acceptors (Lipinski definition) is 3. The Kier molecular flexibility index (Phi) is 6.73. The normalized spacial score (nSPS) is 12.4. The van der Waals surface area contributed by atoms with E-state index in [0.717, 1.165) is 29.5 Å². The van der Waals surface area contributed by atoms with Crippen molar-refractivity contribution in [2.24, 2.45) is 0 Å². The third-order valence-electron chi connectivity index (χ3n) is 7.00. The number of fused-ring (bicyclic) bond motifs is 1. The Morgan fingerprint density at radius 2 is 1.56 bits per heavy atom. The Balaban J connectivity index is 1.92. The SMILES string of the molecule is CCCCCC(C)(C)c1cc(C(C)(C)c2ccccc2)cc(-n2nc3ccc(Cl)cc3n2)c1O. The van der Waals surface area contributed by atoms with E-state index in [0.29, 0.717) is 16.2 Å². The molecular formula is C29H34ClN3O. The molecule has 0 atom stereocenters. The third-order valence-corrected chi connectivity index (χ3v) is 7.23. The Morgan fingerprint density at radius 1 is 0.853 bits per heavy atom. The van der Waals surface area contributed by atoms with Crippen LogP contribution in [-0.2, 0) is 10.8 Å². The number of aromatic nitrogens is 3. The summed E-state index contributed by atoms with van der Waals surface area (Å²) in [7, 11) is 0. The van der Waals surface area contributed by atoms with Gasteiger partial charge in [0.25, 0.3) is 0 Å². The summed E-state index contributed by atoms with van der Waals surface area (Å²) >= 11 is 6.18. The topological polar surface area (TPSA) is 50.9 Å². The number of halogens is 1. The largest absolute Gasteiger partial charge is 0.505 e. The molecule has 0 fully saturated rings. The molecule has 1 N–H and O–H groups in total. The number of phenolic OH excluding ortho intramolecular Hbond substituents is 1. The van der Waals surface area contributed by atoms with Gasteiger partial charge in [-0.2, -0.15) is 0 Å². The number of hydrogen-bond donors (Lipinski definition) is 1. The summed E-state index contributed by atoms with van der Waals surface area (Å²) in [6, 6.07) is 20.1. The van der Waals surface area contributed by atoms with Crippen LogP contribution in [0.25, 0.3) is 16.7 Å². The number of unbranched alkanes of at least 4 members (excludes halogenated alkanes) is 2. The Hall–Kier alpha value is -2.85. The van der Waals surface area contributed by atoms with Crippen LogP contribution < -0.4 is 0 Å². The molecule has 4 rings (SSSR count). The fraction of sp³-hybridized carbons (Fsp3) is 0.379. The van der Waals surface area contributed by atoms with Gasteiger partial charge in [-0.25, -0.2) is 0 Å². The maximum absolute atomic E-state index is 11.5. The van der Waals surface area contributed by atoms with E-state index < -0.39 is 0 Å². The first-order chi connectivity index (χ1) is 16.1. The number of phenols is 1. The molecule has 0 unspecified atom stereocenters. The molecule has 1 heterocycles. The van der Waals surface area contributed by atoms with Crippen molar-refractivity contribution in [3.05, 3.63) is 82.4 Å². The van der Waals surface area contributed by atoms with Crippen molar-refractivity contribution < 1.29 is 5.11 Å². The molecule has 4 aromatic rings. The van der Waals surface area contributed by atoms with Crippen molar-refractivity contribution in [3.63, 3.8) is 0 Å². The summed E-state index contributed by atoms with van der Waals surface area (Å²) in [4.78, 5) is 1.55. The second-order valence-electron chi connectivity index (χ2n) is 10.3. The molecule has 0 radical (unpaired) electrons. The van der Waals surface area contributed by atoms with Gasteiger partial charge in [-0.3, -0.25) is 0 Å². The van der Waals surface area contributed by atoms with Crippen molar-refractivity contribution in [3.8, 4) is 11.4 Å². The molecule has 34 heavy (non-hydrogen) atoms. The van der Waals surface area contributed by atoms with Crippen molar-refractivity contribution in [1.29, 1.82) is 0 Å². The molecule has 1 aromatic heterocycles. The summed E-state index contributed by atoms with van der Waals surface area (Å²) in [6.07, 6.45) is 4.46. The smallest absolute Gasteiger partial charge is 0.146 e. The van der Waals surface area contributed by atoms with Crippen LogP contribution >= 0.6 is 11.6 Å². The lowest BCUT2D eigenvalue weighted by molar-refractivity contribution is 0.403. The van der Waals surface area contributed by atoms with Crippen molar-refractivity contribution >= 4 is 22.6 Å². The minimum atomic E-state index is -0.270. The van der Waals surface area contributed by atoms with E-state index in [1.807, 2.05) is 18.2 Å². The highest BCUT2D eigenvalue weighted by atomic mass is 35.5. The lowest BCUT2D eigenvalue weighted by atomic mass is 9.73. The van der Waals surface area contributed by atoms with E-state index in [1.54, 1.807) is 16.9 Å². The zero-order valence-electron chi connectivity index (χ0n) is 20.8. The van der Waals surface area contributed by atoms with E-state index in [4.69, 9.17) is 11.6 Å². The summed E-state index contributed by atoms with van der Waals surface area (Å²) in [6.45, 7) is 11.1. The van der Waals surface area contributed by atoms with Gasteiger partial charge in [-0.1, -0.05) is 102 Å². The minimum absolute atomic E-state index is 0.202. The van der Waals surface area contributed by atoms with Gasteiger partial charge in [0.05, 0.1) is 0 Å². The number of nitrogens with zero attached hydrogens (tertiary/aromatic N) is 3. The van der Waals surface area contributed by atoms with Gasteiger partial charge in [0, 0.05) is 16.0 Å². The predicted octanol–water partition coefficient (Wildman–Crippen LogP) is 7.96. The number of benzene rings is 3. The fourth-order valence-electron chi connectivity index (χ4n) is 4.62. The van der Waals surface area contributed by atoms with Crippen LogP contribution in [0, 0.1) is 0 Å².